The van der Waals surface area contributed by atoms with Crippen LogP contribution in [0.5, 0.6) is 0 Å². The van der Waals surface area contributed by atoms with Gasteiger partial charge in [0.1, 0.15) is 0 Å². The molecule has 0 unspecified atom stereocenters. The highest BCUT2D eigenvalue weighted by Gasteiger charge is 2.23. The molecule has 0 fully saturated rings. The lowest BCUT2D eigenvalue weighted by molar-refractivity contribution is 0.102. The minimum absolute atomic E-state index is 0.0398. The lowest BCUT2D eigenvalue weighted by atomic mass is 10.1. The quantitative estimate of drug-likeness (QED) is 0.520. The lowest BCUT2D eigenvalue weighted by Gasteiger charge is -2.07. The van der Waals surface area contributed by atoms with E-state index in [0.29, 0.717) is 0 Å². The highest BCUT2D eigenvalue weighted by molar-refractivity contribution is 9.10. The second-order valence-corrected chi connectivity index (χ2v) is 8.39. The van der Waals surface area contributed by atoms with Crippen LogP contribution in [0, 0.1) is 6.92 Å². The summed E-state index contributed by atoms with van der Waals surface area (Å²) in [5, 5.41) is 3.04. The molecule has 1 amide bonds. The number of thiophene rings is 1. The number of rotatable bonds is 2. The standard InChI is InChI=1S/C19H19BrN2OS/c1-11-16(19(23)22-15-10-6-5-8-13(15)20)17-18(24-11)12-7-3-2-4-9-14(12)21-17/h5-6,8,10,21H,2-4,7,9H2,1H3,(H,22,23). The van der Waals surface area contributed by atoms with Gasteiger partial charge in [-0.1, -0.05) is 18.6 Å². The average molecular weight is 403 g/mol. The Kier molecular flexibility index (Phi) is 4.22. The molecule has 5 heteroatoms. The number of halogens is 1. The van der Waals surface area contributed by atoms with E-state index < -0.39 is 0 Å². The van der Waals surface area contributed by atoms with E-state index in [1.165, 1.54) is 35.2 Å². The van der Waals surface area contributed by atoms with Crippen molar-refractivity contribution >= 4 is 49.1 Å². The summed E-state index contributed by atoms with van der Waals surface area (Å²) in [5.41, 5.74) is 5.39. The Labute approximate surface area is 153 Å². The average Bonchev–Trinajstić information content (AvgIpc) is 2.93. The van der Waals surface area contributed by atoms with Crippen LogP contribution in [0.15, 0.2) is 28.7 Å². The number of carbonyl (C=O) groups excluding carboxylic acids is 1. The van der Waals surface area contributed by atoms with Crippen molar-refractivity contribution in [2.45, 2.75) is 39.0 Å². The summed E-state index contributed by atoms with van der Waals surface area (Å²) in [6.07, 6.45) is 6.00. The summed E-state index contributed by atoms with van der Waals surface area (Å²) >= 11 is 5.24. The molecule has 3 aromatic rings. The molecule has 2 N–H and O–H groups in total. The van der Waals surface area contributed by atoms with Crippen molar-refractivity contribution in [1.29, 1.82) is 0 Å². The maximum Gasteiger partial charge on any atom is 0.258 e. The largest absolute Gasteiger partial charge is 0.357 e. The fraction of sp³-hybridized carbons (Fsp3) is 0.316. The Hall–Kier alpha value is -1.59. The molecule has 2 heterocycles. The number of aromatic amines is 1. The summed E-state index contributed by atoms with van der Waals surface area (Å²) in [6.45, 7) is 2.04. The zero-order valence-electron chi connectivity index (χ0n) is 13.5. The zero-order valence-corrected chi connectivity index (χ0v) is 15.9. The molecular weight excluding hydrogens is 384 g/mol. The maximum atomic E-state index is 12.9. The summed E-state index contributed by atoms with van der Waals surface area (Å²) in [5.74, 6) is -0.0398. The Morgan fingerprint density at radius 1 is 1.21 bits per heavy atom. The number of hydrogen-bond donors (Lipinski definition) is 2. The first-order chi connectivity index (χ1) is 11.6. The van der Waals surface area contributed by atoms with Gasteiger partial charge < -0.3 is 10.3 Å². The van der Waals surface area contributed by atoms with Crippen LogP contribution in [0.2, 0.25) is 0 Å². The van der Waals surface area contributed by atoms with E-state index >= 15 is 0 Å². The van der Waals surface area contributed by atoms with Gasteiger partial charge in [-0.3, -0.25) is 4.79 Å². The third-order valence-corrected chi connectivity index (χ3v) is 6.56. The van der Waals surface area contributed by atoms with Crippen LogP contribution in [-0.4, -0.2) is 10.9 Å². The molecule has 0 atom stereocenters. The third-order valence-electron chi connectivity index (χ3n) is 4.70. The smallest absolute Gasteiger partial charge is 0.258 e. The van der Waals surface area contributed by atoms with Crippen LogP contribution < -0.4 is 5.32 Å². The van der Waals surface area contributed by atoms with Gasteiger partial charge in [0.2, 0.25) is 0 Å². The van der Waals surface area contributed by atoms with Crippen molar-refractivity contribution in [3.05, 3.63) is 50.4 Å². The first kappa shape index (κ1) is 15.9. The van der Waals surface area contributed by atoms with Gasteiger partial charge in [-0.05, 0) is 66.2 Å². The number of anilines is 1. The Morgan fingerprint density at radius 2 is 2.00 bits per heavy atom. The fourth-order valence-corrected chi connectivity index (χ4v) is 5.11. The van der Waals surface area contributed by atoms with E-state index in [-0.39, 0.29) is 5.91 Å². The van der Waals surface area contributed by atoms with Crippen molar-refractivity contribution in [2.75, 3.05) is 5.32 Å². The molecule has 3 nitrogen and oxygen atoms in total. The number of hydrogen-bond acceptors (Lipinski definition) is 2. The van der Waals surface area contributed by atoms with Crippen LogP contribution in [0.4, 0.5) is 5.69 Å². The number of aryl methyl sites for hydroxylation is 3. The predicted octanol–water partition coefficient (Wildman–Crippen LogP) is 5.82. The van der Waals surface area contributed by atoms with Crippen molar-refractivity contribution in [1.82, 2.24) is 4.98 Å². The Bertz CT molecular complexity index is 925. The number of nitrogens with one attached hydrogen (secondary N) is 2. The van der Waals surface area contributed by atoms with Crippen molar-refractivity contribution in [3.8, 4) is 0 Å². The molecule has 0 radical (unpaired) electrons. The topological polar surface area (TPSA) is 44.9 Å². The van der Waals surface area contributed by atoms with Crippen LogP contribution in [0.3, 0.4) is 0 Å². The Morgan fingerprint density at radius 3 is 2.83 bits per heavy atom. The van der Waals surface area contributed by atoms with Crippen molar-refractivity contribution in [2.24, 2.45) is 0 Å². The van der Waals surface area contributed by atoms with E-state index in [4.69, 9.17) is 0 Å². The molecular formula is C19H19BrN2OS. The summed E-state index contributed by atoms with van der Waals surface area (Å²) in [7, 11) is 0. The number of H-pyrrole nitrogens is 1. The predicted molar refractivity (Wildman–Crippen MR) is 104 cm³/mol. The number of carbonyl (C=O) groups is 1. The molecule has 24 heavy (non-hydrogen) atoms. The first-order valence-electron chi connectivity index (χ1n) is 8.34. The second kappa shape index (κ2) is 6.37. The first-order valence-corrected chi connectivity index (χ1v) is 9.95. The summed E-state index contributed by atoms with van der Waals surface area (Å²) in [4.78, 5) is 17.5. The van der Waals surface area contributed by atoms with Gasteiger partial charge in [0.15, 0.2) is 0 Å². The van der Waals surface area contributed by atoms with Gasteiger partial charge >= 0.3 is 0 Å². The molecule has 124 valence electrons. The highest BCUT2D eigenvalue weighted by atomic mass is 79.9. The van der Waals surface area contributed by atoms with Crippen LogP contribution in [-0.2, 0) is 12.8 Å². The van der Waals surface area contributed by atoms with E-state index in [9.17, 15) is 4.79 Å². The minimum Gasteiger partial charge on any atom is -0.357 e. The van der Waals surface area contributed by atoms with Crippen LogP contribution in [0.25, 0.3) is 10.2 Å². The van der Waals surface area contributed by atoms with E-state index in [1.807, 2.05) is 31.2 Å². The third kappa shape index (κ3) is 2.70. The minimum atomic E-state index is -0.0398. The number of amides is 1. The van der Waals surface area contributed by atoms with E-state index in [2.05, 4.69) is 26.2 Å². The number of aromatic nitrogens is 1. The molecule has 0 bridgehead atoms. The molecule has 1 aliphatic rings. The summed E-state index contributed by atoms with van der Waals surface area (Å²) in [6, 6.07) is 7.70. The van der Waals surface area contributed by atoms with Gasteiger partial charge in [-0.2, -0.15) is 0 Å². The number of fused-ring (bicyclic) bond motifs is 3. The maximum absolute atomic E-state index is 12.9. The van der Waals surface area contributed by atoms with E-state index in [0.717, 1.165) is 39.0 Å². The highest BCUT2D eigenvalue weighted by Crippen LogP contribution is 2.38. The number of para-hydroxylation sites is 1. The molecule has 4 rings (SSSR count). The zero-order chi connectivity index (χ0) is 16.7. The fourth-order valence-electron chi connectivity index (χ4n) is 3.52. The monoisotopic (exact) mass is 402 g/mol. The normalized spacial score (nSPS) is 14.4. The van der Waals surface area contributed by atoms with Crippen LogP contribution in [0.1, 0.15) is 45.8 Å². The molecule has 1 aliphatic carbocycles. The molecule has 0 saturated carbocycles. The number of benzene rings is 1. The van der Waals surface area contributed by atoms with Gasteiger partial charge in [0.05, 0.1) is 21.5 Å². The molecule has 2 aromatic heterocycles. The van der Waals surface area contributed by atoms with Crippen molar-refractivity contribution < 1.29 is 4.79 Å². The van der Waals surface area contributed by atoms with Crippen LogP contribution >= 0.6 is 27.3 Å². The SMILES string of the molecule is Cc1sc2c3c([nH]c2c1C(=O)Nc1ccccc1Br)CCCCC3. The second-order valence-electron chi connectivity index (χ2n) is 6.31. The molecule has 0 aliphatic heterocycles. The summed E-state index contributed by atoms with van der Waals surface area (Å²) < 4.78 is 2.17. The van der Waals surface area contributed by atoms with Gasteiger partial charge in [-0.25, -0.2) is 0 Å². The van der Waals surface area contributed by atoms with Gasteiger partial charge in [-0.15, -0.1) is 11.3 Å². The molecule has 0 saturated heterocycles. The lowest BCUT2D eigenvalue weighted by Crippen LogP contribution is -2.13. The van der Waals surface area contributed by atoms with Gasteiger partial charge in [0, 0.05) is 15.0 Å². The molecule has 0 spiro atoms. The van der Waals surface area contributed by atoms with Crippen molar-refractivity contribution in [3.63, 3.8) is 0 Å². The Balaban J connectivity index is 1.75. The van der Waals surface area contributed by atoms with E-state index in [1.54, 1.807) is 11.3 Å². The van der Waals surface area contributed by atoms with Gasteiger partial charge in [0.25, 0.3) is 5.91 Å². The molecule has 1 aromatic carbocycles.